The average molecular weight is 271 g/mol. The number of carbonyl (C=O) groups is 1. The number of fused-ring (bicyclic) bond motifs is 1. The molecule has 0 fully saturated rings. The van der Waals surface area contributed by atoms with Crippen molar-refractivity contribution in [1.82, 2.24) is 29.9 Å². The SMILES string of the molecule is O=C(c1nnc(Cl)s1)N1CCn2cnnc2C1. The molecular formula is C8H7ClN6OS. The molecule has 0 spiro atoms. The Hall–Kier alpha value is -1.54. The van der Waals surface area contributed by atoms with Crippen LogP contribution in [-0.4, -0.2) is 42.3 Å². The van der Waals surface area contributed by atoms with Crippen LogP contribution in [0.5, 0.6) is 0 Å². The maximum absolute atomic E-state index is 12.1. The molecular weight excluding hydrogens is 264 g/mol. The minimum Gasteiger partial charge on any atom is -0.327 e. The highest BCUT2D eigenvalue weighted by Crippen LogP contribution is 2.18. The molecule has 17 heavy (non-hydrogen) atoms. The number of carbonyl (C=O) groups excluding carboxylic acids is 1. The molecule has 2 aromatic rings. The van der Waals surface area contributed by atoms with Gasteiger partial charge in [-0.15, -0.1) is 20.4 Å². The van der Waals surface area contributed by atoms with Gasteiger partial charge >= 0.3 is 0 Å². The predicted molar refractivity (Wildman–Crippen MR) is 59.7 cm³/mol. The van der Waals surface area contributed by atoms with E-state index in [1.165, 1.54) is 0 Å². The first kappa shape index (κ1) is 10.6. The molecule has 0 aromatic carbocycles. The second-order valence-electron chi connectivity index (χ2n) is 3.53. The van der Waals surface area contributed by atoms with E-state index in [-0.39, 0.29) is 10.4 Å². The first-order chi connectivity index (χ1) is 8.24. The molecule has 0 bridgehead atoms. The number of nitrogens with zero attached hydrogens (tertiary/aromatic N) is 6. The van der Waals surface area contributed by atoms with E-state index in [1.807, 2.05) is 4.57 Å². The van der Waals surface area contributed by atoms with Crippen LogP contribution in [0.3, 0.4) is 0 Å². The van der Waals surface area contributed by atoms with Crippen molar-refractivity contribution in [2.75, 3.05) is 6.54 Å². The highest BCUT2D eigenvalue weighted by atomic mass is 35.5. The lowest BCUT2D eigenvalue weighted by molar-refractivity contribution is 0.0706. The van der Waals surface area contributed by atoms with Crippen LogP contribution in [0.25, 0.3) is 0 Å². The topological polar surface area (TPSA) is 76.8 Å². The van der Waals surface area contributed by atoms with Crippen molar-refractivity contribution in [1.29, 1.82) is 0 Å². The van der Waals surface area contributed by atoms with Gasteiger partial charge in [0.2, 0.25) is 9.47 Å². The van der Waals surface area contributed by atoms with Crippen molar-refractivity contribution in [3.05, 3.63) is 21.6 Å². The molecule has 88 valence electrons. The Morgan fingerprint density at radius 1 is 1.35 bits per heavy atom. The third kappa shape index (κ3) is 1.89. The van der Waals surface area contributed by atoms with Gasteiger partial charge in [0.1, 0.15) is 6.33 Å². The Morgan fingerprint density at radius 3 is 3.00 bits per heavy atom. The van der Waals surface area contributed by atoms with Crippen LogP contribution < -0.4 is 0 Å². The van der Waals surface area contributed by atoms with Crippen LogP contribution in [0.1, 0.15) is 15.6 Å². The second-order valence-corrected chi connectivity index (χ2v) is 5.09. The molecule has 2 aromatic heterocycles. The summed E-state index contributed by atoms with van der Waals surface area (Å²) < 4.78 is 2.20. The third-order valence-electron chi connectivity index (χ3n) is 2.51. The fraction of sp³-hybridized carbons (Fsp3) is 0.375. The lowest BCUT2D eigenvalue weighted by atomic mass is 10.3. The standard InChI is InChI=1S/C8H7ClN6OS/c9-8-13-12-6(17-8)7(16)14-1-2-15-4-10-11-5(15)3-14/h4H,1-3H2. The normalized spacial score (nSPS) is 14.8. The second kappa shape index (κ2) is 4.04. The number of hydrogen-bond acceptors (Lipinski definition) is 6. The molecule has 1 aliphatic rings. The monoisotopic (exact) mass is 270 g/mol. The molecule has 3 rings (SSSR count). The van der Waals surface area contributed by atoms with Crippen molar-refractivity contribution >= 4 is 28.8 Å². The molecule has 0 atom stereocenters. The van der Waals surface area contributed by atoms with Crippen LogP contribution in [0.15, 0.2) is 6.33 Å². The van der Waals surface area contributed by atoms with Gasteiger partial charge in [-0.2, -0.15) is 0 Å². The Kier molecular flexibility index (Phi) is 2.52. The van der Waals surface area contributed by atoms with Crippen LogP contribution in [0.4, 0.5) is 0 Å². The summed E-state index contributed by atoms with van der Waals surface area (Å²) in [6.45, 7) is 1.75. The Morgan fingerprint density at radius 2 is 2.24 bits per heavy atom. The summed E-state index contributed by atoms with van der Waals surface area (Å²) in [6.07, 6.45) is 1.67. The smallest absolute Gasteiger partial charge is 0.285 e. The first-order valence-corrected chi connectivity index (χ1v) is 6.08. The van der Waals surface area contributed by atoms with Gasteiger partial charge in [0.25, 0.3) is 5.91 Å². The van der Waals surface area contributed by atoms with Crippen molar-refractivity contribution in [3.63, 3.8) is 0 Å². The predicted octanol–water partition coefficient (Wildman–Crippen LogP) is 0.439. The Balaban J connectivity index is 1.81. The molecule has 0 unspecified atom stereocenters. The van der Waals surface area contributed by atoms with Crippen molar-refractivity contribution in [3.8, 4) is 0 Å². The maximum atomic E-state index is 12.1. The molecule has 0 aliphatic carbocycles. The number of amides is 1. The number of halogens is 1. The molecule has 0 N–H and O–H groups in total. The Labute approximate surface area is 105 Å². The van der Waals surface area contributed by atoms with Gasteiger partial charge in [-0.25, -0.2) is 0 Å². The van der Waals surface area contributed by atoms with E-state index < -0.39 is 0 Å². The van der Waals surface area contributed by atoms with E-state index in [0.717, 1.165) is 17.2 Å². The highest BCUT2D eigenvalue weighted by molar-refractivity contribution is 7.17. The molecule has 1 amide bonds. The number of hydrogen-bond donors (Lipinski definition) is 0. The van der Waals surface area contributed by atoms with E-state index in [2.05, 4.69) is 20.4 Å². The summed E-state index contributed by atoms with van der Waals surface area (Å²) in [4.78, 5) is 13.7. The first-order valence-electron chi connectivity index (χ1n) is 4.89. The summed E-state index contributed by atoms with van der Waals surface area (Å²) >= 11 is 6.74. The van der Waals surface area contributed by atoms with E-state index in [1.54, 1.807) is 11.2 Å². The van der Waals surface area contributed by atoms with E-state index in [4.69, 9.17) is 11.6 Å². The quantitative estimate of drug-likeness (QED) is 0.751. The van der Waals surface area contributed by atoms with Crippen LogP contribution in [0, 0.1) is 0 Å². The van der Waals surface area contributed by atoms with Gasteiger partial charge in [-0.3, -0.25) is 4.79 Å². The fourth-order valence-electron chi connectivity index (χ4n) is 1.67. The fourth-order valence-corrected chi connectivity index (χ4v) is 2.46. The zero-order valence-electron chi connectivity index (χ0n) is 8.58. The van der Waals surface area contributed by atoms with Crippen molar-refractivity contribution < 1.29 is 4.79 Å². The van der Waals surface area contributed by atoms with Gasteiger partial charge in [-0.05, 0) is 11.6 Å². The summed E-state index contributed by atoms with van der Waals surface area (Å²) in [5.74, 6) is 0.615. The van der Waals surface area contributed by atoms with Gasteiger partial charge in [0, 0.05) is 13.1 Å². The van der Waals surface area contributed by atoms with E-state index in [9.17, 15) is 4.79 Å². The molecule has 0 saturated carbocycles. The van der Waals surface area contributed by atoms with Crippen molar-refractivity contribution in [2.45, 2.75) is 13.1 Å². The lowest BCUT2D eigenvalue weighted by Crippen LogP contribution is -2.38. The average Bonchev–Trinajstić information content (AvgIpc) is 2.95. The van der Waals surface area contributed by atoms with Crippen LogP contribution >= 0.6 is 22.9 Å². The summed E-state index contributed by atoms with van der Waals surface area (Å²) in [5, 5.41) is 15.4. The molecule has 1 aliphatic heterocycles. The molecule has 3 heterocycles. The largest absolute Gasteiger partial charge is 0.327 e. The summed E-state index contributed by atoms with van der Waals surface area (Å²) in [7, 11) is 0. The minimum absolute atomic E-state index is 0.163. The summed E-state index contributed by atoms with van der Waals surface area (Å²) in [5.41, 5.74) is 0. The Bertz CT molecular complexity index is 566. The zero-order valence-corrected chi connectivity index (χ0v) is 10.1. The van der Waals surface area contributed by atoms with E-state index in [0.29, 0.717) is 24.6 Å². The maximum Gasteiger partial charge on any atom is 0.285 e. The van der Waals surface area contributed by atoms with Crippen LogP contribution in [0.2, 0.25) is 4.47 Å². The van der Waals surface area contributed by atoms with Gasteiger partial charge < -0.3 is 9.47 Å². The van der Waals surface area contributed by atoms with Gasteiger partial charge in [0.05, 0.1) is 6.54 Å². The lowest BCUT2D eigenvalue weighted by Gasteiger charge is -2.25. The molecule has 0 saturated heterocycles. The molecule has 9 heteroatoms. The molecule has 0 radical (unpaired) electrons. The highest BCUT2D eigenvalue weighted by Gasteiger charge is 2.25. The number of aromatic nitrogens is 5. The molecule has 7 nitrogen and oxygen atoms in total. The van der Waals surface area contributed by atoms with Gasteiger partial charge in [-0.1, -0.05) is 11.3 Å². The third-order valence-corrected chi connectivity index (χ3v) is 3.52. The number of rotatable bonds is 1. The minimum atomic E-state index is -0.163. The van der Waals surface area contributed by atoms with Crippen molar-refractivity contribution in [2.24, 2.45) is 0 Å². The summed E-state index contributed by atoms with van der Waals surface area (Å²) in [6, 6.07) is 0. The van der Waals surface area contributed by atoms with Gasteiger partial charge in [0.15, 0.2) is 5.82 Å². The van der Waals surface area contributed by atoms with E-state index >= 15 is 0 Å². The van der Waals surface area contributed by atoms with Crippen LogP contribution in [-0.2, 0) is 13.1 Å². The zero-order chi connectivity index (χ0) is 11.8.